The maximum atomic E-state index is 12.3. The summed E-state index contributed by atoms with van der Waals surface area (Å²) in [5.41, 5.74) is 2.52. The lowest BCUT2D eigenvalue weighted by Crippen LogP contribution is -2.47. The largest absolute Gasteiger partial charge is 0.296 e. The molecule has 0 saturated heterocycles. The van der Waals surface area contributed by atoms with Gasteiger partial charge in [0.15, 0.2) is 0 Å². The number of guanidine groups is 1. The van der Waals surface area contributed by atoms with Crippen LogP contribution in [0.4, 0.5) is 0 Å². The number of carbonyl (C=O) groups is 2. The van der Waals surface area contributed by atoms with Crippen molar-refractivity contribution < 1.29 is 9.59 Å². The summed E-state index contributed by atoms with van der Waals surface area (Å²) in [6.45, 7) is 1.95. The van der Waals surface area contributed by atoms with Crippen molar-refractivity contribution in [2.45, 2.75) is 19.4 Å². The molecule has 2 aromatic rings. The SMILES string of the molecule is Cc1ccc(C(=O)NC2=NC(c3ccc(Br)cc3)CC(=O)N2)cc1. The van der Waals surface area contributed by atoms with Gasteiger partial charge in [-0.05, 0) is 36.8 Å². The first-order valence-corrected chi connectivity index (χ1v) is 8.32. The van der Waals surface area contributed by atoms with E-state index in [1.165, 1.54) is 0 Å². The summed E-state index contributed by atoms with van der Waals surface area (Å²) < 4.78 is 0.961. The second-order valence-electron chi connectivity index (χ2n) is 5.62. The molecule has 0 aliphatic carbocycles. The molecule has 3 rings (SSSR count). The van der Waals surface area contributed by atoms with E-state index in [-0.39, 0.29) is 30.2 Å². The first-order valence-electron chi connectivity index (χ1n) is 7.52. The van der Waals surface area contributed by atoms with Crippen molar-refractivity contribution in [3.8, 4) is 0 Å². The van der Waals surface area contributed by atoms with Crippen molar-refractivity contribution in [2.75, 3.05) is 0 Å². The number of rotatable bonds is 2. The van der Waals surface area contributed by atoms with Crippen molar-refractivity contribution in [3.05, 3.63) is 69.7 Å². The third kappa shape index (κ3) is 3.89. The molecule has 122 valence electrons. The number of aryl methyl sites for hydroxylation is 1. The number of hydrogen-bond donors (Lipinski definition) is 2. The monoisotopic (exact) mass is 385 g/mol. The fraction of sp³-hybridized carbons (Fsp3) is 0.167. The zero-order valence-electron chi connectivity index (χ0n) is 13.0. The summed E-state index contributed by atoms with van der Waals surface area (Å²) in [7, 11) is 0. The van der Waals surface area contributed by atoms with Crippen molar-refractivity contribution in [3.63, 3.8) is 0 Å². The molecule has 5 nitrogen and oxygen atoms in total. The minimum atomic E-state index is -0.305. The van der Waals surface area contributed by atoms with Gasteiger partial charge in [0.25, 0.3) is 5.91 Å². The Morgan fingerprint density at radius 3 is 2.50 bits per heavy atom. The van der Waals surface area contributed by atoms with Gasteiger partial charge in [-0.1, -0.05) is 45.8 Å². The van der Waals surface area contributed by atoms with Crippen LogP contribution in [-0.4, -0.2) is 17.8 Å². The molecular formula is C18H16BrN3O2. The van der Waals surface area contributed by atoms with Gasteiger partial charge in [0.1, 0.15) is 0 Å². The van der Waals surface area contributed by atoms with Crippen LogP contribution in [0.1, 0.15) is 33.9 Å². The number of halogens is 1. The van der Waals surface area contributed by atoms with E-state index < -0.39 is 0 Å². The molecule has 24 heavy (non-hydrogen) atoms. The lowest BCUT2D eigenvalue weighted by molar-refractivity contribution is -0.120. The van der Waals surface area contributed by atoms with Gasteiger partial charge in [-0.15, -0.1) is 0 Å². The number of aliphatic imine (C=N–C) groups is 1. The smallest absolute Gasteiger partial charge is 0.257 e. The molecule has 0 saturated carbocycles. The van der Waals surface area contributed by atoms with Crippen LogP contribution in [0.25, 0.3) is 0 Å². The van der Waals surface area contributed by atoms with E-state index in [2.05, 4.69) is 31.6 Å². The first-order chi connectivity index (χ1) is 11.5. The lowest BCUT2D eigenvalue weighted by atomic mass is 10.0. The molecule has 0 fully saturated rings. The highest BCUT2D eigenvalue weighted by molar-refractivity contribution is 9.10. The first kappa shape index (κ1) is 16.4. The van der Waals surface area contributed by atoms with Crippen LogP contribution in [0.2, 0.25) is 0 Å². The van der Waals surface area contributed by atoms with Gasteiger partial charge in [0, 0.05) is 10.0 Å². The molecule has 2 aromatic carbocycles. The molecule has 1 heterocycles. The van der Waals surface area contributed by atoms with Crippen molar-refractivity contribution >= 4 is 33.7 Å². The summed E-state index contributed by atoms with van der Waals surface area (Å²) in [5, 5.41) is 5.28. The molecule has 2 amide bonds. The van der Waals surface area contributed by atoms with Crippen molar-refractivity contribution in [1.82, 2.24) is 10.6 Å². The van der Waals surface area contributed by atoms with Crippen molar-refractivity contribution in [2.24, 2.45) is 4.99 Å². The summed E-state index contributed by atoms with van der Waals surface area (Å²) in [4.78, 5) is 28.7. The second kappa shape index (κ2) is 6.97. The summed E-state index contributed by atoms with van der Waals surface area (Å²) in [6, 6.07) is 14.5. The summed E-state index contributed by atoms with van der Waals surface area (Å²) in [6.07, 6.45) is 0.255. The topological polar surface area (TPSA) is 70.6 Å². The van der Waals surface area contributed by atoms with Gasteiger partial charge >= 0.3 is 0 Å². The standard InChI is InChI=1S/C18H16BrN3O2/c1-11-2-4-13(5-3-11)17(24)22-18-20-15(10-16(23)21-18)12-6-8-14(19)9-7-12/h2-9,15H,10H2,1H3,(H2,20,21,22,23,24). The third-order valence-electron chi connectivity index (χ3n) is 3.72. The molecular weight excluding hydrogens is 370 g/mol. The van der Waals surface area contributed by atoms with E-state index in [0.717, 1.165) is 15.6 Å². The van der Waals surface area contributed by atoms with E-state index in [1.807, 2.05) is 43.3 Å². The number of benzene rings is 2. The maximum Gasteiger partial charge on any atom is 0.257 e. The van der Waals surface area contributed by atoms with Crippen LogP contribution >= 0.6 is 15.9 Å². The maximum absolute atomic E-state index is 12.3. The van der Waals surface area contributed by atoms with Gasteiger partial charge in [0.2, 0.25) is 11.9 Å². The van der Waals surface area contributed by atoms with Gasteiger partial charge in [-0.3, -0.25) is 20.2 Å². The highest BCUT2D eigenvalue weighted by Crippen LogP contribution is 2.24. The van der Waals surface area contributed by atoms with Crippen LogP contribution in [0.3, 0.4) is 0 Å². The second-order valence-corrected chi connectivity index (χ2v) is 6.53. The minimum absolute atomic E-state index is 0.169. The van der Waals surface area contributed by atoms with Crippen LogP contribution in [0.5, 0.6) is 0 Å². The molecule has 1 atom stereocenters. The molecule has 1 aliphatic heterocycles. The molecule has 0 spiro atoms. The molecule has 0 aromatic heterocycles. The van der Waals surface area contributed by atoms with Gasteiger partial charge in [0.05, 0.1) is 12.5 Å². The number of nitrogens with one attached hydrogen (secondary N) is 2. The molecule has 1 unspecified atom stereocenters. The summed E-state index contributed by atoms with van der Waals surface area (Å²) in [5.74, 6) is -0.285. The highest BCUT2D eigenvalue weighted by Gasteiger charge is 2.23. The average Bonchev–Trinajstić information content (AvgIpc) is 2.55. The van der Waals surface area contributed by atoms with Gasteiger partial charge in [-0.2, -0.15) is 0 Å². The Bertz CT molecular complexity index is 798. The molecule has 2 N–H and O–H groups in total. The third-order valence-corrected chi connectivity index (χ3v) is 4.25. The molecule has 6 heteroatoms. The van der Waals surface area contributed by atoms with E-state index in [0.29, 0.717) is 5.56 Å². The van der Waals surface area contributed by atoms with Gasteiger partial charge in [-0.25, -0.2) is 4.99 Å². The van der Waals surface area contributed by atoms with E-state index in [4.69, 9.17) is 0 Å². The van der Waals surface area contributed by atoms with Crippen LogP contribution in [-0.2, 0) is 4.79 Å². The Balaban J connectivity index is 1.78. The average molecular weight is 386 g/mol. The Labute approximate surface area is 148 Å². The zero-order valence-corrected chi connectivity index (χ0v) is 14.6. The van der Waals surface area contributed by atoms with E-state index in [1.54, 1.807) is 12.1 Å². The van der Waals surface area contributed by atoms with Crippen LogP contribution in [0.15, 0.2) is 58.0 Å². The predicted octanol–water partition coefficient (Wildman–Crippen LogP) is 3.10. The molecule has 1 aliphatic rings. The van der Waals surface area contributed by atoms with E-state index in [9.17, 15) is 9.59 Å². The zero-order chi connectivity index (χ0) is 17.1. The fourth-order valence-electron chi connectivity index (χ4n) is 2.42. The Kier molecular flexibility index (Phi) is 4.76. The number of hydrogen-bond acceptors (Lipinski definition) is 3. The Hall–Kier alpha value is -2.47. The lowest BCUT2D eigenvalue weighted by Gasteiger charge is -2.21. The molecule has 0 radical (unpaired) electrons. The Morgan fingerprint density at radius 1 is 1.17 bits per heavy atom. The van der Waals surface area contributed by atoms with Crippen LogP contribution in [0, 0.1) is 6.92 Å². The number of nitrogens with zero attached hydrogens (tertiary/aromatic N) is 1. The number of amides is 2. The fourth-order valence-corrected chi connectivity index (χ4v) is 2.68. The highest BCUT2D eigenvalue weighted by atomic mass is 79.9. The predicted molar refractivity (Wildman–Crippen MR) is 95.7 cm³/mol. The minimum Gasteiger partial charge on any atom is -0.296 e. The van der Waals surface area contributed by atoms with Crippen molar-refractivity contribution in [1.29, 1.82) is 0 Å². The normalized spacial score (nSPS) is 17.0. The Morgan fingerprint density at radius 2 is 1.83 bits per heavy atom. The number of carbonyl (C=O) groups excluding carboxylic acids is 2. The molecule has 0 bridgehead atoms. The van der Waals surface area contributed by atoms with Crippen LogP contribution < -0.4 is 10.6 Å². The van der Waals surface area contributed by atoms with E-state index >= 15 is 0 Å². The quantitative estimate of drug-likeness (QED) is 0.833. The summed E-state index contributed by atoms with van der Waals surface area (Å²) >= 11 is 3.38. The van der Waals surface area contributed by atoms with Gasteiger partial charge < -0.3 is 0 Å².